The second-order valence-electron chi connectivity index (χ2n) is 4.26. The maximum atomic E-state index is 12.0. The van der Waals surface area contributed by atoms with Gasteiger partial charge >= 0.3 is 0 Å². The van der Waals surface area contributed by atoms with E-state index in [-0.39, 0.29) is 12.5 Å². The molecule has 0 saturated heterocycles. The molecule has 0 aliphatic heterocycles. The third-order valence-electron chi connectivity index (χ3n) is 2.54. The highest BCUT2D eigenvalue weighted by Crippen LogP contribution is 2.20. The van der Waals surface area contributed by atoms with E-state index in [1.54, 1.807) is 7.11 Å². The lowest BCUT2D eigenvalue weighted by molar-refractivity contribution is 0.0693. The largest absolute Gasteiger partial charge is 0.395 e. The Balaban J connectivity index is 2.41. The van der Waals surface area contributed by atoms with Crippen molar-refractivity contribution in [3.8, 4) is 11.8 Å². The van der Waals surface area contributed by atoms with Crippen LogP contribution in [-0.2, 0) is 9.47 Å². The zero-order valence-electron chi connectivity index (χ0n) is 12.4. The maximum Gasteiger partial charge on any atom is 0.261 e. The molecular formula is C15H21NO4S. The lowest BCUT2D eigenvalue weighted by atomic mass is 10.2. The van der Waals surface area contributed by atoms with Gasteiger partial charge in [-0.3, -0.25) is 4.79 Å². The summed E-state index contributed by atoms with van der Waals surface area (Å²) in [6.45, 7) is 3.97. The van der Waals surface area contributed by atoms with Crippen molar-refractivity contribution in [1.82, 2.24) is 5.32 Å². The average molecular weight is 311 g/mol. The number of aryl methyl sites for hydroxylation is 1. The molecule has 0 atom stereocenters. The first-order chi connectivity index (χ1) is 10.2. The summed E-state index contributed by atoms with van der Waals surface area (Å²) in [5.74, 6) is 5.72. The molecule has 21 heavy (non-hydrogen) atoms. The molecule has 0 aliphatic rings. The second kappa shape index (κ2) is 10.4. The van der Waals surface area contributed by atoms with Crippen molar-refractivity contribution in [3.05, 3.63) is 21.4 Å². The van der Waals surface area contributed by atoms with E-state index in [4.69, 9.17) is 14.6 Å². The highest BCUT2D eigenvalue weighted by atomic mass is 32.1. The molecule has 1 aromatic heterocycles. The molecule has 0 bridgehead atoms. The van der Waals surface area contributed by atoms with Crippen LogP contribution in [0.25, 0.3) is 0 Å². The smallest absolute Gasteiger partial charge is 0.261 e. The van der Waals surface area contributed by atoms with Gasteiger partial charge in [0.05, 0.1) is 36.2 Å². The van der Waals surface area contributed by atoms with Gasteiger partial charge in [-0.2, -0.15) is 0 Å². The molecule has 5 nitrogen and oxygen atoms in total. The van der Waals surface area contributed by atoms with Crippen LogP contribution in [0.4, 0.5) is 0 Å². The first-order valence-corrected chi connectivity index (χ1v) is 7.55. The van der Waals surface area contributed by atoms with Gasteiger partial charge in [0.25, 0.3) is 5.91 Å². The van der Waals surface area contributed by atoms with E-state index >= 15 is 0 Å². The molecule has 6 heteroatoms. The molecule has 0 fully saturated rings. The minimum Gasteiger partial charge on any atom is -0.395 e. The van der Waals surface area contributed by atoms with E-state index in [1.165, 1.54) is 11.3 Å². The molecule has 1 aromatic rings. The van der Waals surface area contributed by atoms with Crippen LogP contribution in [0.1, 0.15) is 26.5 Å². The Morgan fingerprint density at radius 3 is 2.95 bits per heavy atom. The van der Waals surface area contributed by atoms with E-state index in [0.717, 1.165) is 10.4 Å². The molecule has 1 heterocycles. The van der Waals surface area contributed by atoms with Gasteiger partial charge in [-0.15, -0.1) is 11.3 Å². The number of thiophene rings is 1. The van der Waals surface area contributed by atoms with Crippen molar-refractivity contribution >= 4 is 17.2 Å². The molecule has 0 spiro atoms. The van der Waals surface area contributed by atoms with Crippen LogP contribution < -0.4 is 5.32 Å². The number of hydrogen-bond donors (Lipinski definition) is 2. The molecule has 116 valence electrons. The van der Waals surface area contributed by atoms with Crippen molar-refractivity contribution in [2.45, 2.75) is 13.3 Å². The Kier molecular flexibility index (Phi) is 8.71. The number of carbonyl (C=O) groups is 1. The standard InChI is InChI=1S/C15H21NO4S/c1-12-11-14(21-13(12)5-3-4-7-17)15(18)16-6-8-20-10-9-19-2/h11,17H,4,6-10H2,1-2H3,(H,16,18). The fourth-order valence-electron chi connectivity index (χ4n) is 1.48. The van der Waals surface area contributed by atoms with Crippen LogP contribution >= 0.6 is 11.3 Å². The summed E-state index contributed by atoms with van der Waals surface area (Å²) in [5.41, 5.74) is 0.979. The summed E-state index contributed by atoms with van der Waals surface area (Å²) < 4.78 is 10.1. The first kappa shape index (κ1) is 17.7. The molecule has 0 saturated carbocycles. The van der Waals surface area contributed by atoms with Crippen LogP contribution in [0.2, 0.25) is 0 Å². The van der Waals surface area contributed by atoms with Gasteiger partial charge in [-0.25, -0.2) is 0 Å². The number of hydrogen-bond acceptors (Lipinski definition) is 5. The van der Waals surface area contributed by atoms with E-state index in [1.807, 2.05) is 13.0 Å². The van der Waals surface area contributed by atoms with Crippen LogP contribution in [0.5, 0.6) is 0 Å². The summed E-state index contributed by atoms with van der Waals surface area (Å²) in [7, 11) is 1.62. The summed E-state index contributed by atoms with van der Waals surface area (Å²) >= 11 is 1.36. The van der Waals surface area contributed by atoms with E-state index in [9.17, 15) is 4.79 Å². The highest BCUT2D eigenvalue weighted by molar-refractivity contribution is 7.14. The minimum absolute atomic E-state index is 0.0494. The Morgan fingerprint density at radius 2 is 2.24 bits per heavy atom. The number of ether oxygens (including phenoxy) is 2. The predicted molar refractivity (Wildman–Crippen MR) is 82.7 cm³/mol. The summed E-state index contributed by atoms with van der Waals surface area (Å²) in [5, 5.41) is 11.5. The number of aliphatic hydroxyl groups excluding tert-OH is 1. The summed E-state index contributed by atoms with van der Waals surface area (Å²) in [6.07, 6.45) is 0.442. The van der Waals surface area contributed by atoms with Gasteiger partial charge in [-0.1, -0.05) is 11.8 Å². The van der Waals surface area contributed by atoms with Gasteiger partial charge in [0.15, 0.2) is 0 Å². The fourth-order valence-corrected chi connectivity index (χ4v) is 2.45. The van der Waals surface area contributed by atoms with Crippen LogP contribution in [0.3, 0.4) is 0 Å². The quantitative estimate of drug-likeness (QED) is 0.559. The number of rotatable bonds is 8. The van der Waals surface area contributed by atoms with Gasteiger partial charge in [0.1, 0.15) is 0 Å². The molecule has 0 aromatic carbocycles. The van der Waals surface area contributed by atoms with Crippen molar-refractivity contribution in [2.75, 3.05) is 40.1 Å². The lowest BCUT2D eigenvalue weighted by Gasteiger charge is -2.04. The fraction of sp³-hybridized carbons (Fsp3) is 0.533. The van der Waals surface area contributed by atoms with Gasteiger partial charge in [0, 0.05) is 20.1 Å². The molecule has 0 radical (unpaired) electrons. The van der Waals surface area contributed by atoms with E-state index in [0.29, 0.717) is 37.7 Å². The van der Waals surface area contributed by atoms with Crippen LogP contribution in [-0.4, -0.2) is 51.1 Å². The Bertz CT molecular complexity index is 502. The van der Waals surface area contributed by atoms with Crippen LogP contribution in [0.15, 0.2) is 6.07 Å². The average Bonchev–Trinajstić information content (AvgIpc) is 2.84. The predicted octanol–water partition coefficient (Wildman–Crippen LogP) is 1.18. The Morgan fingerprint density at radius 1 is 1.43 bits per heavy atom. The van der Waals surface area contributed by atoms with Crippen molar-refractivity contribution < 1.29 is 19.4 Å². The normalized spacial score (nSPS) is 10.0. The number of methoxy groups -OCH3 is 1. The zero-order chi connectivity index (χ0) is 15.5. The second-order valence-corrected chi connectivity index (χ2v) is 5.31. The Hall–Kier alpha value is -1.39. The van der Waals surface area contributed by atoms with Crippen molar-refractivity contribution in [2.24, 2.45) is 0 Å². The highest BCUT2D eigenvalue weighted by Gasteiger charge is 2.10. The van der Waals surface area contributed by atoms with Gasteiger partial charge in [-0.05, 0) is 18.6 Å². The van der Waals surface area contributed by atoms with Crippen molar-refractivity contribution in [1.29, 1.82) is 0 Å². The molecule has 0 aliphatic carbocycles. The number of nitrogens with one attached hydrogen (secondary N) is 1. The SMILES string of the molecule is COCCOCCNC(=O)c1cc(C)c(C#CCCO)s1. The maximum absolute atomic E-state index is 12.0. The topological polar surface area (TPSA) is 67.8 Å². The molecule has 2 N–H and O–H groups in total. The molecule has 1 rings (SSSR count). The summed E-state index contributed by atoms with van der Waals surface area (Å²) in [6, 6.07) is 1.83. The third kappa shape index (κ3) is 6.74. The Labute approximate surface area is 129 Å². The van der Waals surface area contributed by atoms with Crippen LogP contribution in [0, 0.1) is 18.8 Å². The molecule has 1 amide bonds. The summed E-state index contributed by atoms with van der Waals surface area (Å²) in [4.78, 5) is 13.5. The van der Waals surface area contributed by atoms with E-state index in [2.05, 4.69) is 17.2 Å². The van der Waals surface area contributed by atoms with E-state index < -0.39 is 0 Å². The monoisotopic (exact) mass is 311 g/mol. The van der Waals surface area contributed by atoms with Gasteiger partial charge < -0.3 is 19.9 Å². The number of amides is 1. The molecular weight excluding hydrogens is 290 g/mol. The zero-order valence-corrected chi connectivity index (χ0v) is 13.2. The first-order valence-electron chi connectivity index (χ1n) is 6.74. The number of carbonyl (C=O) groups excluding carboxylic acids is 1. The van der Waals surface area contributed by atoms with Crippen molar-refractivity contribution in [3.63, 3.8) is 0 Å². The van der Waals surface area contributed by atoms with Gasteiger partial charge in [0.2, 0.25) is 0 Å². The third-order valence-corrected chi connectivity index (χ3v) is 3.70. The lowest BCUT2D eigenvalue weighted by Crippen LogP contribution is -2.26. The number of aliphatic hydroxyl groups is 1. The minimum atomic E-state index is -0.117. The molecule has 0 unspecified atom stereocenters.